The number of hydrogen-bond donors (Lipinski definition) is 1. The zero-order valence-corrected chi connectivity index (χ0v) is 15.7. The Morgan fingerprint density at radius 2 is 1.93 bits per heavy atom. The van der Waals surface area contributed by atoms with Crippen molar-refractivity contribution in [1.82, 2.24) is 9.61 Å². The second kappa shape index (κ2) is 7.88. The zero-order valence-electron chi connectivity index (χ0n) is 15.7. The fourth-order valence-corrected chi connectivity index (χ4v) is 3.29. The van der Waals surface area contributed by atoms with Gasteiger partial charge in [0.25, 0.3) is 0 Å². The van der Waals surface area contributed by atoms with Gasteiger partial charge in [0, 0.05) is 16.8 Å². The van der Waals surface area contributed by atoms with Crippen LogP contribution in [0.4, 0.5) is 4.39 Å². The molecule has 2 aromatic heterocycles. The van der Waals surface area contributed by atoms with Gasteiger partial charge in [-0.1, -0.05) is 32.9 Å². The molecule has 0 spiro atoms. The lowest BCUT2D eigenvalue weighted by molar-refractivity contribution is -0.142. The predicted octanol–water partition coefficient (Wildman–Crippen LogP) is 4.43. The summed E-state index contributed by atoms with van der Waals surface area (Å²) in [7, 11) is 0. The van der Waals surface area contributed by atoms with Crippen LogP contribution in [0.3, 0.4) is 0 Å². The lowest BCUT2D eigenvalue weighted by Gasteiger charge is -2.19. The third-order valence-electron chi connectivity index (χ3n) is 4.52. The molecule has 0 bridgehead atoms. The van der Waals surface area contributed by atoms with Crippen molar-refractivity contribution in [3.8, 4) is 11.1 Å². The van der Waals surface area contributed by atoms with Crippen LogP contribution in [0.5, 0.6) is 0 Å². The maximum absolute atomic E-state index is 13.5. The molecule has 0 radical (unpaired) electrons. The summed E-state index contributed by atoms with van der Waals surface area (Å²) in [5.41, 5.74) is 5.41. The maximum atomic E-state index is 13.5. The number of halogens is 1. The highest BCUT2D eigenvalue weighted by molar-refractivity contribution is 5.84. The number of aliphatic carboxylic acids is 1. The molecule has 0 aliphatic rings. The van der Waals surface area contributed by atoms with Gasteiger partial charge < -0.3 is 9.84 Å². The third-order valence-corrected chi connectivity index (χ3v) is 4.52. The van der Waals surface area contributed by atoms with Gasteiger partial charge in [-0.25, -0.2) is 13.7 Å². The third kappa shape index (κ3) is 3.85. The molecule has 0 atom stereocenters. The molecule has 6 heteroatoms. The number of rotatable bonds is 7. The van der Waals surface area contributed by atoms with Gasteiger partial charge in [0.05, 0.1) is 17.8 Å². The van der Waals surface area contributed by atoms with E-state index >= 15 is 0 Å². The van der Waals surface area contributed by atoms with Crippen LogP contribution in [-0.2, 0) is 22.6 Å². The smallest absolute Gasteiger partial charge is 0.329 e. The molecule has 3 rings (SSSR count). The zero-order chi connectivity index (χ0) is 19.6. The van der Waals surface area contributed by atoms with Gasteiger partial charge >= 0.3 is 5.97 Å². The summed E-state index contributed by atoms with van der Waals surface area (Å²) < 4.78 is 20.8. The lowest BCUT2D eigenvalue weighted by atomic mass is 9.95. The minimum Gasteiger partial charge on any atom is -0.480 e. The van der Waals surface area contributed by atoms with Crippen molar-refractivity contribution in [2.24, 2.45) is 0 Å². The van der Waals surface area contributed by atoms with Crippen LogP contribution in [-0.4, -0.2) is 27.3 Å². The molecule has 0 fully saturated rings. The molecule has 0 unspecified atom stereocenters. The molecule has 0 saturated carbocycles. The molecule has 0 saturated heterocycles. The summed E-state index contributed by atoms with van der Waals surface area (Å²) in [6.45, 7) is 5.90. The first-order valence-corrected chi connectivity index (χ1v) is 9.01. The Balaban J connectivity index is 2.26. The summed E-state index contributed by atoms with van der Waals surface area (Å²) >= 11 is 0. The van der Waals surface area contributed by atoms with Crippen LogP contribution in [0.25, 0.3) is 16.6 Å². The lowest BCUT2D eigenvalue weighted by Crippen LogP contribution is -2.13. The van der Waals surface area contributed by atoms with Gasteiger partial charge in [-0.2, -0.15) is 5.10 Å². The molecular weight excluding hydrogens is 347 g/mol. The van der Waals surface area contributed by atoms with E-state index in [-0.39, 0.29) is 24.9 Å². The number of hydrogen-bond acceptors (Lipinski definition) is 3. The first-order chi connectivity index (χ1) is 12.9. The standard InChI is InChI=1S/C21H23FN2O3/c1-4-16-9-10-18-20(14-5-7-15(22)8-6-14)17(11-27-12-19(25)26)21(13(2)3)23-24(16)18/h5-10,13H,4,11-12H2,1-3H3,(H,25,26). The van der Waals surface area contributed by atoms with Crippen molar-refractivity contribution in [3.63, 3.8) is 0 Å². The van der Waals surface area contributed by atoms with Crippen LogP contribution in [0.2, 0.25) is 0 Å². The van der Waals surface area contributed by atoms with Gasteiger partial charge in [0.15, 0.2) is 0 Å². The van der Waals surface area contributed by atoms with Crippen LogP contribution >= 0.6 is 0 Å². The van der Waals surface area contributed by atoms with Crippen LogP contribution < -0.4 is 0 Å². The minimum absolute atomic E-state index is 0.115. The molecule has 0 aliphatic heterocycles. The number of nitrogens with zero attached hydrogens (tertiary/aromatic N) is 2. The maximum Gasteiger partial charge on any atom is 0.329 e. The average molecular weight is 370 g/mol. The summed E-state index contributed by atoms with van der Waals surface area (Å²) in [5.74, 6) is -1.21. The Labute approximate surface area is 157 Å². The molecule has 27 heavy (non-hydrogen) atoms. The van der Waals surface area contributed by atoms with E-state index in [1.54, 1.807) is 12.1 Å². The van der Waals surface area contributed by atoms with E-state index < -0.39 is 5.97 Å². The van der Waals surface area contributed by atoms with E-state index in [4.69, 9.17) is 14.9 Å². The second-order valence-electron chi connectivity index (χ2n) is 6.76. The van der Waals surface area contributed by atoms with E-state index in [2.05, 4.69) is 6.92 Å². The number of benzene rings is 1. The molecule has 1 aromatic carbocycles. The summed E-state index contributed by atoms with van der Waals surface area (Å²) in [6.07, 6.45) is 0.830. The van der Waals surface area contributed by atoms with E-state index in [0.717, 1.165) is 40.0 Å². The molecule has 142 valence electrons. The van der Waals surface area contributed by atoms with Crippen molar-refractivity contribution < 1.29 is 19.0 Å². The van der Waals surface area contributed by atoms with E-state index in [9.17, 15) is 9.18 Å². The molecule has 0 amide bonds. The fraction of sp³-hybridized carbons (Fsp3) is 0.333. The number of aryl methyl sites for hydroxylation is 1. The van der Waals surface area contributed by atoms with Crippen LogP contribution in [0.1, 0.15) is 43.6 Å². The first kappa shape index (κ1) is 19.0. The molecule has 2 heterocycles. The first-order valence-electron chi connectivity index (χ1n) is 9.01. The molecule has 1 N–H and O–H groups in total. The largest absolute Gasteiger partial charge is 0.480 e. The van der Waals surface area contributed by atoms with Gasteiger partial charge in [-0.15, -0.1) is 0 Å². The molecule has 3 aromatic rings. The van der Waals surface area contributed by atoms with Gasteiger partial charge in [0.2, 0.25) is 0 Å². The molecule has 5 nitrogen and oxygen atoms in total. The van der Waals surface area contributed by atoms with Gasteiger partial charge in [0.1, 0.15) is 12.4 Å². The fourth-order valence-electron chi connectivity index (χ4n) is 3.29. The second-order valence-corrected chi connectivity index (χ2v) is 6.76. The van der Waals surface area contributed by atoms with Crippen LogP contribution in [0, 0.1) is 5.82 Å². The van der Waals surface area contributed by atoms with Crippen molar-refractivity contribution >= 4 is 11.5 Å². The normalized spacial score (nSPS) is 11.4. The highest BCUT2D eigenvalue weighted by Crippen LogP contribution is 2.34. The van der Waals surface area contributed by atoms with E-state index in [0.29, 0.717) is 0 Å². The minimum atomic E-state index is -1.02. The Bertz CT molecular complexity index is 962. The van der Waals surface area contributed by atoms with Crippen molar-refractivity contribution in [3.05, 3.63) is 59.2 Å². The monoisotopic (exact) mass is 370 g/mol. The van der Waals surface area contributed by atoms with Gasteiger partial charge in [-0.05, 0) is 42.2 Å². The summed E-state index contributed by atoms with van der Waals surface area (Å²) in [4.78, 5) is 10.9. The Morgan fingerprint density at radius 3 is 2.52 bits per heavy atom. The van der Waals surface area contributed by atoms with Crippen molar-refractivity contribution in [2.75, 3.05) is 6.61 Å². The van der Waals surface area contributed by atoms with Crippen molar-refractivity contribution in [1.29, 1.82) is 0 Å². The number of carboxylic acid groups (broad SMARTS) is 1. The summed E-state index contributed by atoms with van der Waals surface area (Å²) in [5, 5.41) is 13.7. The van der Waals surface area contributed by atoms with Crippen molar-refractivity contribution in [2.45, 2.75) is 39.7 Å². The molecular formula is C21H23FN2O3. The average Bonchev–Trinajstić information content (AvgIpc) is 3.04. The highest BCUT2D eigenvalue weighted by Gasteiger charge is 2.20. The number of fused-ring (bicyclic) bond motifs is 1. The van der Waals surface area contributed by atoms with E-state index in [1.807, 2.05) is 30.5 Å². The topological polar surface area (TPSA) is 63.8 Å². The number of carbonyl (C=O) groups is 1. The Morgan fingerprint density at radius 1 is 1.22 bits per heavy atom. The van der Waals surface area contributed by atoms with Gasteiger partial charge in [-0.3, -0.25) is 0 Å². The quantitative estimate of drug-likeness (QED) is 0.668. The Hall–Kier alpha value is -2.73. The predicted molar refractivity (Wildman–Crippen MR) is 101 cm³/mol. The summed E-state index contributed by atoms with van der Waals surface area (Å²) in [6, 6.07) is 10.3. The Kier molecular flexibility index (Phi) is 5.56. The van der Waals surface area contributed by atoms with E-state index in [1.165, 1.54) is 12.1 Å². The number of ether oxygens (including phenoxy) is 1. The number of aromatic nitrogens is 2. The number of carboxylic acids is 1. The molecule has 0 aliphatic carbocycles. The van der Waals surface area contributed by atoms with Crippen LogP contribution in [0.15, 0.2) is 36.4 Å². The highest BCUT2D eigenvalue weighted by atomic mass is 19.1. The SMILES string of the molecule is CCc1ccc2c(-c3ccc(F)cc3)c(COCC(=O)O)c(C(C)C)nn12.